The van der Waals surface area contributed by atoms with E-state index in [4.69, 9.17) is 14.4 Å². The molecule has 0 radical (unpaired) electrons. The van der Waals surface area contributed by atoms with Crippen molar-refractivity contribution in [2.45, 2.75) is 4.90 Å². The van der Waals surface area contributed by atoms with Gasteiger partial charge in [0.1, 0.15) is 24.2 Å². The number of hydrogen-bond acceptors (Lipinski definition) is 5. The van der Waals surface area contributed by atoms with Crippen LogP contribution in [-0.4, -0.2) is 26.1 Å². The quantitative estimate of drug-likeness (QED) is 0.503. The Kier molecular flexibility index (Phi) is 4.08. The van der Waals surface area contributed by atoms with Crippen molar-refractivity contribution in [3.8, 4) is 23.1 Å². The lowest BCUT2D eigenvalue weighted by Gasteiger charge is -2.30. The van der Waals surface area contributed by atoms with Gasteiger partial charge in [-0.15, -0.1) is 0 Å². The molecule has 0 aliphatic carbocycles. The minimum Gasteiger partial charge on any atom is -0.489 e. The van der Waals surface area contributed by atoms with Crippen LogP contribution in [0.1, 0.15) is 5.76 Å². The molecule has 0 unspecified atom stereocenters. The van der Waals surface area contributed by atoms with E-state index in [0.717, 1.165) is 10.9 Å². The molecule has 150 valence electrons. The summed E-state index contributed by atoms with van der Waals surface area (Å²) in [5.41, 5.74) is 2.08. The van der Waals surface area contributed by atoms with Gasteiger partial charge in [0, 0.05) is 29.7 Å². The fourth-order valence-electron chi connectivity index (χ4n) is 3.70. The van der Waals surface area contributed by atoms with Crippen LogP contribution in [-0.2, 0) is 17.1 Å². The summed E-state index contributed by atoms with van der Waals surface area (Å²) in [7, 11) is -1.88. The van der Waals surface area contributed by atoms with Crippen LogP contribution in [0.15, 0.2) is 70.1 Å². The first-order valence-corrected chi connectivity index (χ1v) is 10.8. The number of furan rings is 1. The van der Waals surface area contributed by atoms with Gasteiger partial charge in [0.2, 0.25) is 5.76 Å². The van der Waals surface area contributed by atoms with E-state index in [9.17, 15) is 8.42 Å². The Labute approximate surface area is 173 Å². The van der Waals surface area contributed by atoms with E-state index in [1.54, 1.807) is 42.5 Å². The largest absolute Gasteiger partial charge is 0.489 e. The molecule has 2 aromatic carbocycles. The van der Waals surface area contributed by atoms with E-state index in [1.807, 2.05) is 36.0 Å². The van der Waals surface area contributed by atoms with E-state index in [-0.39, 0.29) is 23.8 Å². The summed E-state index contributed by atoms with van der Waals surface area (Å²) >= 11 is 0. The number of nitrogens with zero attached hydrogens (tertiary/aromatic N) is 3. The third kappa shape index (κ3) is 2.83. The number of ether oxygens (including phenoxy) is 1. The van der Waals surface area contributed by atoms with E-state index in [1.165, 1.54) is 4.31 Å². The molecule has 0 spiro atoms. The van der Waals surface area contributed by atoms with Crippen molar-refractivity contribution in [2.75, 3.05) is 17.5 Å². The number of sulfonamides is 1. The molecule has 1 aliphatic heterocycles. The average molecular weight is 419 g/mol. The molecule has 0 amide bonds. The number of rotatable bonds is 3. The molecule has 0 saturated carbocycles. The van der Waals surface area contributed by atoms with Gasteiger partial charge in [-0.25, -0.2) is 8.42 Å². The molecule has 3 heterocycles. The summed E-state index contributed by atoms with van der Waals surface area (Å²) < 4.78 is 41.5. The topological polar surface area (TPSA) is 88.5 Å². The van der Waals surface area contributed by atoms with Crippen LogP contribution in [0.5, 0.6) is 5.75 Å². The second-order valence-electron chi connectivity index (χ2n) is 7.03. The molecule has 2 aromatic heterocycles. The van der Waals surface area contributed by atoms with E-state index in [0.29, 0.717) is 22.8 Å². The Morgan fingerprint density at radius 2 is 1.93 bits per heavy atom. The zero-order valence-corrected chi connectivity index (χ0v) is 16.9. The third-order valence-corrected chi connectivity index (χ3v) is 7.03. The van der Waals surface area contributed by atoms with Gasteiger partial charge in [-0.1, -0.05) is 0 Å². The highest BCUT2D eigenvalue weighted by atomic mass is 32.2. The fraction of sp³-hybridized carbons (Fsp3) is 0.136. The smallest absolute Gasteiger partial charge is 0.264 e. The molecule has 7 nitrogen and oxygen atoms in total. The monoisotopic (exact) mass is 419 g/mol. The van der Waals surface area contributed by atoms with E-state index in [2.05, 4.69) is 0 Å². The number of fused-ring (bicyclic) bond motifs is 2. The van der Waals surface area contributed by atoms with Crippen LogP contribution >= 0.6 is 0 Å². The minimum atomic E-state index is -3.79. The lowest BCUT2D eigenvalue weighted by atomic mass is 10.1. The van der Waals surface area contributed by atoms with Crippen LogP contribution in [0, 0.1) is 11.3 Å². The van der Waals surface area contributed by atoms with Crippen LogP contribution in [0.2, 0.25) is 0 Å². The van der Waals surface area contributed by atoms with Crippen molar-refractivity contribution >= 4 is 26.6 Å². The first-order chi connectivity index (χ1) is 14.5. The number of aromatic nitrogens is 1. The van der Waals surface area contributed by atoms with Crippen molar-refractivity contribution in [2.24, 2.45) is 7.05 Å². The van der Waals surface area contributed by atoms with Gasteiger partial charge >= 0.3 is 0 Å². The second kappa shape index (κ2) is 6.68. The van der Waals surface area contributed by atoms with Crippen LogP contribution in [0.3, 0.4) is 0 Å². The van der Waals surface area contributed by atoms with Crippen LogP contribution in [0.25, 0.3) is 22.2 Å². The number of anilines is 1. The standard InChI is InChI=1S/C22H17N3O4S/c1-24-9-8-15-12-18(4-5-19(15)24)30(26,27)25-10-11-28-22-6-2-16(13-20(22)25)21-7-3-17(14-23)29-21/h2-9,12-13H,10-11H2,1H3. The van der Waals surface area contributed by atoms with E-state index < -0.39 is 10.0 Å². The highest BCUT2D eigenvalue weighted by Gasteiger charge is 2.31. The van der Waals surface area contributed by atoms with Crippen LogP contribution in [0.4, 0.5) is 5.69 Å². The lowest BCUT2D eigenvalue weighted by Crippen LogP contribution is -2.37. The van der Waals surface area contributed by atoms with Gasteiger partial charge in [0.25, 0.3) is 10.0 Å². The van der Waals surface area contributed by atoms with Gasteiger partial charge in [0.15, 0.2) is 0 Å². The SMILES string of the molecule is Cn1ccc2cc(S(=O)(=O)N3CCOc4ccc(-c5ccc(C#N)o5)cc43)ccc21. The Hall–Kier alpha value is -3.70. The van der Waals surface area contributed by atoms with Crippen molar-refractivity contribution in [3.63, 3.8) is 0 Å². The maximum Gasteiger partial charge on any atom is 0.264 e. The summed E-state index contributed by atoms with van der Waals surface area (Å²) in [6.07, 6.45) is 1.90. The van der Waals surface area contributed by atoms with Crippen molar-refractivity contribution in [1.29, 1.82) is 5.26 Å². The van der Waals surface area contributed by atoms with Crippen molar-refractivity contribution < 1.29 is 17.6 Å². The molecule has 4 aromatic rings. The second-order valence-corrected chi connectivity index (χ2v) is 8.89. The zero-order chi connectivity index (χ0) is 20.9. The number of benzene rings is 2. The number of nitriles is 1. The maximum absolute atomic E-state index is 13.5. The first kappa shape index (κ1) is 18.3. The number of hydrogen-bond donors (Lipinski definition) is 0. The molecule has 8 heteroatoms. The Bertz CT molecular complexity index is 1430. The Morgan fingerprint density at radius 1 is 1.07 bits per heavy atom. The summed E-state index contributed by atoms with van der Waals surface area (Å²) in [6.45, 7) is 0.464. The molecule has 0 atom stereocenters. The summed E-state index contributed by atoms with van der Waals surface area (Å²) in [6, 6.07) is 17.5. The molecule has 5 rings (SSSR count). The van der Waals surface area contributed by atoms with Crippen molar-refractivity contribution in [1.82, 2.24) is 4.57 Å². The lowest BCUT2D eigenvalue weighted by molar-refractivity contribution is 0.316. The van der Waals surface area contributed by atoms with E-state index >= 15 is 0 Å². The third-order valence-electron chi connectivity index (χ3n) is 5.22. The van der Waals surface area contributed by atoms with Crippen molar-refractivity contribution in [3.05, 3.63) is 66.6 Å². The van der Waals surface area contributed by atoms with Gasteiger partial charge in [-0.2, -0.15) is 5.26 Å². The normalized spacial score (nSPS) is 13.7. The summed E-state index contributed by atoms with van der Waals surface area (Å²) in [5, 5.41) is 9.85. The molecular formula is C22H17N3O4S. The molecular weight excluding hydrogens is 402 g/mol. The molecule has 30 heavy (non-hydrogen) atoms. The van der Waals surface area contributed by atoms with Gasteiger partial charge < -0.3 is 13.7 Å². The predicted molar refractivity (Wildman–Crippen MR) is 112 cm³/mol. The van der Waals surface area contributed by atoms with Gasteiger partial charge in [0.05, 0.1) is 17.1 Å². The fourth-order valence-corrected chi connectivity index (χ4v) is 5.18. The molecule has 0 N–H and O–H groups in total. The van der Waals surface area contributed by atoms with Gasteiger partial charge in [-0.3, -0.25) is 4.31 Å². The molecule has 0 bridgehead atoms. The first-order valence-electron chi connectivity index (χ1n) is 9.32. The summed E-state index contributed by atoms with van der Waals surface area (Å²) in [4.78, 5) is 0.226. The maximum atomic E-state index is 13.5. The number of aryl methyl sites for hydroxylation is 1. The molecule has 0 fully saturated rings. The van der Waals surface area contributed by atoms with Gasteiger partial charge in [-0.05, 0) is 54.6 Å². The Balaban J connectivity index is 1.60. The highest BCUT2D eigenvalue weighted by Crippen LogP contribution is 2.39. The molecule has 1 aliphatic rings. The molecule has 0 saturated heterocycles. The van der Waals surface area contributed by atoms with Crippen LogP contribution < -0.4 is 9.04 Å². The highest BCUT2D eigenvalue weighted by molar-refractivity contribution is 7.92. The average Bonchev–Trinajstić information content (AvgIpc) is 3.39. The summed E-state index contributed by atoms with van der Waals surface area (Å²) in [5.74, 6) is 1.17. The predicted octanol–water partition coefficient (Wildman–Crippen LogP) is 3.90. The Morgan fingerprint density at radius 3 is 2.73 bits per heavy atom. The zero-order valence-electron chi connectivity index (χ0n) is 16.1. The minimum absolute atomic E-state index is 0.194.